The van der Waals surface area contributed by atoms with Crippen molar-refractivity contribution in [1.29, 1.82) is 0 Å². The first-order valence-corrected chi connectivity index (χ1v) is 18.0. The molecule has 10 aromatic rings. The predicted molar refractivity (Wildman–Crippen MR) is 218 cm³/mol. The highest BCUT2D eigenvalue weighted by molar-refractivity contribution is 6.94. The molecular formula is C48H29BN2O. The molecule has 0 aliphatic carbocycles. The Bertz CT molecular complexity index is 3070. The van der Waals surface area contributed by atoms with Crippen molar-refractivity contribution in [2.24, 2.45) is 0 Å². The van der Waals surface area contributed by atoms with Crippen LogP contribution in [0.5, 0.6) is 0 Å². The van der Waals surface area contributed by atoms with Gasteiger partial charge in [-0.3, -0.25) is 4.57 Å². The summed E-state index contributed by atoms with van der Waals surface area (Å²) in [5, 5.41) is 6.02. The van der Waals surface area contributed by atoms with E-state index in [0.29, 0.717) is 0 Å². The second-order valence-corrected chi connectivity index (χ2v) is 14.0. The van der Waals surface area contributed by atoms with Crippen molar-refractivity contribution in [1.82, 2.24) is 4.57 Å². The molecule has 4 heterocycles. The average Bonchev–Trinajstić information content (AvgIpc) is 3.76. The molecule has 0 amide bonds. The maximum atomic E-state index is 6.82. The molecule has 2 aromatic heterocycles. The van der Waals surface area contributed by atoms with Crippen molar-refractivity contribution in [3.8, 4) is 39.1 Å². The maximum Gasteiger partial charge on any atom is 0.333 e. The van der Waals surface area contributed by atoms with E-state index in [-0.39, 0.29) is 6.85 Å². The van der Waals surface area contributed by atoms with Crippen LogP contribution in [0.3, 0.4) is 0 Å². The van der Waals surface area contributed by atoms with Gasteiger partial charge in [-0.15, -0.1) is 0 Å². The Labute approximate surface area is 300 Å². The second kappa shape index (κ2) is 10.4. The number of furan rings is 1. The van der Waals surface area contributed by atoms with E-state index < -0.39 is 0 Å². The lowest BCUT2D eigenvalue weighted by Crippen LogP contribution is -2.60. The molecule has 0 fully saturated rings. The summed E-state index contributed by atoms with van der Waals surface area (Å²) in [5.41, 5.74) is 16.5. The number of anilines is 2. The molecule has 0 spiro atoms. The van der Waals surface area contributed by atoms with E-state index in [9.17, 15) is 0 Å². The molecule has 0 saturated heterocycles. The zero-order valence-corrected chi connectivity index (χ0v) is 28.1. The third-order valence-corrected chi connectivity index (χ3v) is 11.4. The summed E-state index contributed by atoms with van der Waals surface area (Å²) in [5.74, 6) is 0. The molecule has 2 aliphatic heterocycles. The predicted octanol–water partition coefficient (Wildman–Crippen LogP) is 11.3. The summed E-state index contributed by atoms with van der Waals surface area (Å²) in [6.45, 7) is -0.0721. The Morgan fingerprint density at radius 2 is 1.15 bits per heavy atom. The molecule has 240 valence electrons. The van der Waals surface area contributed by atoms with Crippen molar-refractivity contribution in [3.05, 3.63) is 176 Å². The summed E-state index contributed by atoms with van der Waals surface area (Å²) in [4.78, 5) is 2.62. The maximum absolute atomic E-state index is 6.82. The van der Waals surface area contributed by atoms with Gasteiger partial charge in [-0.2, -0.15) is 0 Å². The molecule has 0 saturated carbocycles. The first kappa shape index (κ1) is 28.0. The summed E-state index contributed by atoms with van der Waals surface area (Å²) < 4.78 is 9.24. The lowest BCUT2D eigenvalue weighted by atomic mass is 9.43. The minimum absolute atomic E-state index is 0.0721. The van der Waals surface area contributed by atoms with Crippen LogP contribution in [-0.2, 0) is 0 Å². The average molecular weight is 661 g/mol. The number of hydrogen-bond donors (Lipinski definition) is 0. The number of rotatable bonds is 3. The van der Waals surface area contributed by atoms with Gasteiger partial charge in [0.2, 0.25) is 5.71 Å². The van der Waals surface area contributed by atoms with Crippen LogP contribution in [0.2, 0.25) is 0 Å². The van der Waals surface area contributed by atoms with Crippen molar-refractivity contribution >= 4 is 72.9 Å². The topological polar surface area (TPSA) is 21.3 Å². The molecule has 0 atom stereocenters. The largest absolute Gasteiger partial charge is 0.439 e. The quantitative estimate of drug-likeness (QED) is 0.176. The highest BCUT2D eigenvalue weighted by atomic mass is 16.3. The first-order valence-electron chi connectivity index (χ1n) is 18.0. The number of aromatic nitrogens is 1. The highest BCUT2D eigenvalue weighted by Crippen LogP contribution is 2.49. The number of para-hydroxylation sites is 2. The van der Waals surface area contributed by atoms with Gasteiger partial charge in [-0.25, -0.2) is 0 Å². The van der Waals surface area contributed by atoms with Crippen LogP contribution in [0, 0.1) is 0 Å². The van der Waals surface area contributed by atoms with Crippen molar-refractivity contribution in [2.45, 2.75) is 0 Å². The highest BCUT2D eigenvalue weighted by Gasteiger charge is 2.45. The smallest absolute Gasteiger partial charge is 0.333 e. The Kier molecular flexibility index (Phi) is 5.58. The van der Waals surface area contributed by atoms with E-state index in [1.165, 1.54) is 82.7 Å². The second-order valence-electron chi connectivity index (χ2n) is 14.0. The molecule has 3 nitrogen and oxygen atoms in total. The lowest BCUT2D eigenvalue weighted by Gasteiger charge is -2.43. The fraction of sp³-hybridized carbons (Fsp3) is 0. The molecule has 0 unspecified atom stereocenters. The van der Waals surface area contributed by atoms with Gasteiger partial charge in [-0.05, 0) is 74.5 Å². The molecule has 0 radical (unpaired) electrons. The van der Waals surface area contributed by atoms with Crippen LogP contribution < -0.4 is 15.7 Å². The van der Waals surface area contributed by atoms with Gasteiger partial charge in [0.05, 0.1) is 10.9 Å². The summed E-state index contributed by atoms with van der Waals surface area (Å²) in [6.07, 6.45) is 0. The number of fused-ring (bicyclic) bond motifs is 11. The lowest BCUT2D eigenvalue weighted by molar-refractivity contribution is 0.645. The molecule has 52 heavy (non-hydrogen) atoms. The molecule has 4 heteroatoms. The molecule has 12 rings (SSSR count). The van der Waals surface area contributed by atoms with Gasteiger partial charge in [0.15, 0.2) is 0 Å². The Morgan fingerprint density at radius 1 is 0.481 bits per heavy atom. The van der Waals surface area contributed by atoms with E-state index in [4.69, 9.17) is 4.42 Å². The van der Waals surface area contributed by atoms with Crippen LogP contribution in [-0.4, -0.2) is 11.4 Å². The van der Waals surface area contributed by atoms with E-state index >= 15 is 0 Å². The summed E-state index contributed by atoms with van der Waals surface area (Å²) in [6, 6.07) is 64.2. The SMILES string of the molecule is c1ccc(-c2ccc(N3B4c5c(cc(-c6ccccc6)cc5-n5c6oc7ccccc7c6c6cccc4c65)-c4ccc5ccccc5c43)cc2)cc1. The van der Waals surface area contributed by atoms with E-state index in [1.807, 2.05) is 0 Å². The van der Waals surface area contributed by atoms with Gasteiger partial charge in [-0.1, -0.05) is 146 Å². The Hall–Kier alpha value is -6.78. The number of benzene rings is 8. The van der Waals surface area contributed by atoms with Crippen LogP contribution in [0.4, 0.5) is 11.4 Å². The molecule has 0 N–H and O–H groups in total. The van der Waals surface area contributed by atoms with Gasteiger partial charge in [0.25, 0.3) is 0 Å². The molecule has 0 bridgehead atoms. The van der Waals surface area contributed by atoms with Crippen LogP contribution in [0.25, 0.3) is 82.8 Å². The van der Waals surface area contributed by atoms with Crippen molar-refractivity contribution in [2.75, 3.05) is 4.81 Å². The molecule has 2 aliphatic rings. The number of hydrogen-bond acceptors (Lipinski definition) is 2. The van der Waals surface area contributed by atoms with Crippen molar-refractivity contribution < 1.29 is 4.42 Å². The third-order valence-electron chi connectivity index (χ3n) is 11.4. The van der Waals surface area contributed by atoms with Gasteiger partial charge in [0.1, 0.15) is 5.58 Å². The third kappa shape index (κ3) is 3.71. The standard InChI is InChI=1S/C48H29BN2O/c1-3-12-30(13-4-1)32-22-25-35(26-23-32)51-46-36-17-8-7-16-33(36)24-27-37(46)40-28-34(31-14-5-2-6-15-31)29-42-45(40)49(51)41-20-11-19-39-44-38-18-9-10-21-43(38)52-48(44)50(42)47(39)41/h1-29H. The molecule has 8 aromatic carbocycles. The van der Waals surface area contributed by atoms with Crippen LogP contribution in [0.15, 0.2) is 180 Å². The van der Waals surface area contributed by atoms with Crippen LogP contribution >= 0.6 is 0 Å². The summed E-state index contributed by atoms with van der Waals surface area (Å²) >= 11 is 0. The monoisotopic (exact) mass is 660 g/mol. The Morgan fingerprint density at radius 3 is 1.96 bits per heavy atom. The fourth-order valence-corrected chi connectivity index (χ4v) is 9.15. The zero-order valence-electron chi connectivity index (χ0n) is 28.1. The molecular weight excluding hydrogens is 631 g/mol. The van der Waals surface area contributed by atoms with E-state index in [2.05, 4.69) is 185 Å². The van der Waals surface area contributed by atoms with Crippen LogP contribution in [0.1, 0.15) is 0 Å². The Balaban J connectivity index is 1.24. The minimum atomic E-state index is -0.0721. The fourth-order valence-electron chi connectivity index (χ4n) is 9.15. The normalized spacial score (nSPS) is 12.9. The van der Waals surface area contributed by atoms with E-state index in [1.54, 1.807) is 0 Å². The zero-order chi connectivity index (χ0) is 33.9. The van der Waals surface area contributed by atoms with Gasteiger partial charge < -0.3 is 9.23 Å². The van der Waals surface area contributed by atoms with E-state index in [0.717, 1.165) is 22.4 Å². The minimum Gasteiger partial charge on any atom is -0.439 e. The van der Waals surface area contributed by atoms with Crippen molar-refractivity contribution in [3.63, 3.8) is 0 Å². The summed E-state index contributed by atoms with van der Waals surface area (Å²) in [7, 11) is 0. The van der Waals surface area contributed by atoms with Gasteiger partial charge in [0, 0.05) is 38.8 Å². The number of nitrogens with zero attached hydrogens (tertiary/aromatic N) is 2. The first-order chi connectivity index (χ1) is 25.8. The van der Waals surface area contributed by atoms with Gasteiger partial charge >= 0.3 is 6.85 Å².